The Hall–Kier alpha value is -1.70. The molecule has 0 aliphatic rings. The van der Waals surface area contributed by atoms with Crippen molar-refractivity contribution in [2.24, 2.45) is 0 Å². The molecule has 1 heterocycles. The van der Waals surface area contributed by atoms with Crippen molar-refractivity contribution in [1.29, 1.82) is 0 Å². The van der Waals surface area contributed by atoms with Crippen molar-refractivity contribution < 1.29 is 9.13 Å². The maximum absolute atomic E-state index is 13.6. The number of thiocarbonyl (C=S) groups is 1. The standard InChI is InChI=1S/C14H16ClFN4OS/c1-21-7-6-17-14(22)18-13-11(15)9-20(19-13)8-10-4-2-3-5-12(10)16/h2-5,9H,6-8H2,1H3,(H2,17,18,19,22). The van der Waals surface area contributed by atoms with E-state index < -0.39 is 0 Å². The van der Waals surface area contributed by atoms with Crippen LogP contribution in [-0.4, -0.2) is 35.2 Å². The van der Waals surface area contributed by atoms with Crippen molar-refractivity contribution in [2.45, 2.75) is 6.54 Å². The Morgan fingerprint density at radius 2 is 2.23 bits per heavy atom. The summed E-state index contributed by atoms with van der Waals surface area (Å²) in [5, 5.41) is 10.9. The quantitative estimate of drug-likeness (QED) is 0.624. The number of methoxy groups -OCH3 is 1. The molecule has 1 aromatic heterocycles. The highest BCUT2D eigenvalue weighted by atomic mass is 35.5. The number of aromatic nitrogens is 2. The lowest BCUT2D eigenvalue weighted by molar-refractivity contribution is 0.204. The van der Waals surface area contributed by atoms with Crippen LogP contribution in [-0.2, 0) is 11.3 Å². The Bertz CT molecular complexity index is 650. The van der Waals surface area contributed by atoms with Crippen molar-refractivity contribution >= 4 is 34.7 Å². The zero-order valence-corrected chi connectivity index (χ0v) is 13.5. The molecule has 2 aromatic rings. The van der Waals surface area contributed by atoms with Crippen LogP contribution >= 0.6 is 23.8 Å². The zero-order chi connectivity index (χ0) is 15.9. The molecule has 8 heteroatoms. The highest BCUT2D eigenvalue weighted by Crippen LogP contribution is 2.20. The summed E-state index contributed by atoms with van der Waals surface area (Å²) in [6, 6.07) is 6.53. The zero-order valence-electron chi connectivity index (χ0n) is 12.0. The fourth-order valence-electron chi connectivity index (χ4n) is 1.78. The van der Waals surface area contributed by atoms with E-state index in [1.807, 2.05) is 0 Å². The number of nitrogens with one attached hydrogen (secondary N) is 2. The summed E-state index contributed by atoms with van der Waals surface area (Å²) >= 11 is 11.2. The van der Waals surface area contributed by atoms with E-state index in [0.717, 1.165) is 0 Å². The van der Waals surface area contributed by atoms with Crippen LogP contribution < -0.4 is 10.6 Å². The molecule has 118 valence electrons. The molecule has 1 aromatic carbocycles. The van der Waals surface area contributed by atoms with Crippen molar-refractivity contribution in [1.82, 2.24) is 15.1 Å². The number of hydrogen-bond acceptors (Lipinski definition) is 3. The highest BCUT2D eigenvalue weighted by molar-refractivity contribution is 7.80. The third-order valence-electron chi connectivity index (χ3n) is 2.83. The second-order valence-electron chi connectivity index (χ2n) is 4.49. The van der Waals surface area contributed by atoms with E-state index in [-0.39, 0.29) is 12.4 Å². The predicted octanol–water partition coefficient (Wildman–Crippen LogP) is 2.66. The minimum absolute atomic E-state index is 0.277. The molecule has 0 radical (unpaired) electrons. The molecule has 22 heavy (non-hydrogen) atoms. The summed E-state index contributed by atoms with van der Waals surface area (Å²) in [5.41, 5.74) is 0.536. The Labute approximate surface area is 138 Å². The van der Waals surface area contributed by atoms with E-state index in [0.29, 0.717) is 34.7 Å². The first-order valence-corrected chi connectivity index (χ1v) is 7.39. The average Bonchev–Trinajstić information content (AvgIpc) is 2.81. The first kappa shape index (κ1) is 16.7. The predicted molar refractivity (Wildman–Crippen MR) is 88.8 cm³/mol. The summed E-state index contributed by atoms with van der Waals surface area (Å²) in [5.74, 6) is 0.147. The average molecular weight is 343 g/mol. The largest absolute Gasteiger partial charge is 0.383 e. The molecule has 0 atom stereocenters. The molecule has 0 fully saturated rings. The molecule has 0 amide bonds. The molecule has 2 rings (SSSR count). The van der Waals surface area contributed by atoms with Crippen molar-refractivity contribution in [2.75, 3.05) is 25.6 Å². The summed E-state index contributed by atoms with van der Waals surface area (Å²) in [6.07, 6.45) is 1.62. The van der Waals surface area contributed by atoms with Crippen molar-refractivity contribution in [3.63, 3.8) is 0 Å². The normalized spacial score (nSPS) is 10.5. The maximum atomic E-state index is 13.6. The summed E-state index contributed by atoms with van der Waals surface area (Å²) in [6.45, 7) is 1.41. The lowest BCUT2D eigenvalue weighted by Gasteiger charge is -2.08. The Kier molecular flexibility index (Phi) is 6.11. The molecular formula is C14H16ClFN4OS. The number of ether oxygens (including phenoxy) is 1. The van der Waals surface area contributed by atoms with Crippen LogP contribution in [0.5, 0.6) is 0 Å². The fraction of sp³-hybridized carbons (Fsp3) is 0.286. The van der Waals surface area contributed by atoms with Gasteiger partial charge in [-0.05, 0) is 18.3 Å². The molecule has 0 bridgehead atoms. The smallest absolute Gasteiger partial charge is 0.173 e. The molecule has 0 saturated carbocycles. The molecule has 5 nitrogen and oxygen atoms in total. The first-order valence-electron chi connectivity index (χ1n) is 6.60. The van der Waals surface area contributed by atoms with Gasteiger partial charge in [0.05, 0.1) is 13.2 Å². The molecule has 2 N–H and O–H groups in total. The van der Waals surface area contributed by atoms with E-state index in [9.17, 15) is 4.39 Å². The van der Waals surface area contributed by atoms with Gasteiger partial charge in [0.15, 0.2) is 10.9 Å². The third kappa shape index (κ3) is 4.66. The number of rotatable bonds is 6. The van der Waals surface area contributed by atoms with E-state index in [4.69, 9.17) is 28.6 Å². The molecule has 0 saturated heterocycles. The van der Waals surface area contributed by atoms with Gasteiger partial charge in [0, 0.05) is 25.4 Å². The second-order valence-corrected chi connectivity index (χ2v) is 5.30. The van der Waals surface area contributed by atoms with Gasteiger partial charge < -0.3 is 15.4 Å². The Balaban J connectivity index is 1.99. The van der Waals surface area contributed by atoms with Crippen molar-refractivity contribution in [3.8, 4) is 0 Å². The van der Waals surface area contributed by atoms with Crippen molar-refractivity contribution in [3.05, 3.63) is 46.9 Å². The minimum atomic E-state index is -0.277. The molecule has 0 aliphatic heterocycles. The maximum Gasteiger partial charge on any atom is 0.173 e. The summed E-state index contributed by atoms with van der Waals surface area (Å²) in [4.78, 5) is 0. The van der Waals surface area contributed by atoms with E-state index in [2.05, 4.69) is 15.7 Å². The van der Waals surface area contributed by atoms with Gasteiger partial charge in [-0.1, -0.05) is 29.8 Å². The van der Waals surface area contributed by atoms with E-state index in [1.54, 1.807) is 36.2 Å². The number of nitrogens with zero attached hydrogens (tertiary/aromatic N) is 2. The Morgan fingerprint density at radius 3 is 2.95 bits per heavy atom. The monoisotopic (exact) mass is 342 g/mol. The van der Waals surface area contributed by atoms with Crippen LogP contribution in [0, 0.1) is 5.82 Å². The number of hydrogen-bond donors (Lipinski definition) is 2. The van der Waals surface area contributed by atoms with Gasteiger partial charge in [0.25, 0.3) is 0 Å². The summed E-state index contributed by atoms with van der Waals surface area (Å²) < 4.78 is 20.1. The Morgan fingerprint density at radius 1 is 1.45 bits per heavy atom. The van der Waals surface area contributed by atoms with Gasteiger partial charge >= 0.3 is 0 Å². The molecule has 0 aliphatic carbocycles. The lowest BCUT2D eigenvalue weighted by atomic mass is 10.2. The molecule has 0 unspecified atom stereocenters. The summed E-state index contributed by atoms with van der Waals surface area (Å²) in [7, 11) is 1.61. The number of anilines is 1. The first-order chi connectivity index (χ1) is 10.6. The fourth-order valence-corrected chi connectivity index (χ4v) is 2.18. The minimum Gasteiger partial charge on any atom is -0.383 e. The van der Waals surface area contributed by atoms with Gasteiger partial charge in [-0.25, -0.2) is 4.39 Å². The second kappa shape index (κ2) is 8.07. The van der Waals surface area contributed by atoms with Gasteiger partial charge in [-0.15, -0.1) is 0 Å². The molecular weight excluding hydrogens is 327 g/mol. The number of halogens is 2. The van der Waals surface area contributed by atoms with Crippen LogP contribution in [0.1, 0.15) is 5.56 Å². The van der Waals surface area contributed by atoms with E-state index in [1.165, 1.54) is 6.07 Å². The van der Waals surface area contributed by atoms with Crippen LogP contribution in [0.2, 0.25) is 5.02 Å². The van der Waals surface area contributed by atoms with Gasteiger partial charge in [0.2, 0.25) is 0 Å². The van der Waals surface area contributed by atoms with Crippen LogP contribution in [0.15, 0.2) is 30.5 Å². The van der Waals surface area contributed by atoms with Crippen LogP contribution in [0.3, 0.4) is 0 Å². The SMILES string of the molecule is COCCNC(=S)Nc1nn(Cc2ccccc2F)cc1Cl. The van der Waals surface area contributed by atoms with Gasteiger partial charge in [-0.3, -0.25) is 4.68 Å². The number of benzene rings is 1. The molecule has 0 spiro atoms. The van der Waals surface area contributed by atoms with Crippen LogP contribution in [0.4, 0.5) is 10.2 Å². The highest BCUT2D eigenvalue weighted by Gasteiger charge is 2.10. The third-order valence-corrected chi connectivity index (χ3v) is 3.35. The van der Waals surface area contributed by atoms with Crippen LogP contribution in [0.25, 0.3) is 0 Å². The lowest BCUT2D eigenvalue weighted by Crippen LogP contribution is -2.31. The topological polar surface area (TPSA) is 51.1 Å². The van der Waals surface area contributed by atoms with Gasteiger partial charge in [-0.2, -0.15) is 5.10 Å². The van der Waals surface area contributed by atoms with Gasteiger partial charge in [0.1, 0.15) is 10.8 Å². The van der Waals surface area contributed by atoms with E-state index >= 15 is 0 Å².